The van der Waals surface area contributed by atoms with E-state index in [0.29, 0.717) is 29.8 Å². The Morgan fingerprint density at radius 1 is 1.14 bits per heavy atom. The van der Waals surface area contributed by atoms with Crippen LogP contribution in [0.25, 0.3) is 10.9 Å². The lowest BCUT2D eigenvalue weighted by Gasteiger charge is -2.28. The van der Waals surface area contributed by atoms with E-state index in [1.165, 1.54) is 19.3 Å². The molecule has 0 spiro atoms. The van der Waals surface area contributed by atoms with Crippen molar-refractivity contribution >= 4 is 16.8 Å². The molecule has 1 aliphatic heterocycles. The number of hydrogen-bond acceptors (Lipinski definition) is 4. The van der Waals surface area contributed by atoms with Gasteiger partial charge in [0.2, 0.25) is 5.91 Å². The normalized spacial score (nSPS) is 15.6. The molecule has 6 heteroatoms. The zero-order chi connectivity index (χ0) is 19.8. The second kappa shape index (κ2) is 10.4. The third kappa shape index (κ3) is 5.64. The Hall–Kier alpha value is -2.21. The summed E-state index contributed by atoms with van der Waals surface area (Å²) in [6.07, 6.45) is 7.99. The number of amides is 1. The molecule has 0 radical (unpaired) electrons. The molecule has 0 unspecified atom stereocenters. The number of carbonyl (C=O) groups excluding carboxylic acids is 1. The molecule has 0 bridgehead atoms. The Bertz CT molecular complexity index is 825. The molecule has 1 aromatic heterocycles. The fourth-order valence-electron chi connectivity index (χ4n) is 3.81. The van der Waals surface area contributed by atoms with Crippen LogP contribution < -0.4 is 5.56 Å². The fraction of sp³-hybridized carbons (Fsp3) is 0.591. The highest BCUT2D eigenvalue weighted by molar-refractivity contribution is 5.78. The maximum Gasteiger partial charge on any atom is 0.258 e. The molecule has 1 fully saturated rings. The number of benzene rings is 1. The van der Waals surface area contributed by atoms with E-state index < -0.39 is 0 Å². The number of rotatable bonds is 7. The largest absolute Gasteiger partial charge is 0.342 e. The van der Waals surface area contributed by atoms with Crippen molar-refractivity contribution in [3.05, 3.63) is 40.4 Å². The van der Waals surface area contributed by atoms with Gasteiger partial charge in [0.1, 0.15) is 5.82 Å². The van der Waals surface area contributed by atoms with E-state index in [2.05, 4.69) is 21.8 Å². The molecule has 1 saturated heterocycles. The van der Waals surface area contributed by atoms with Crippen LogP contribution in [0.1, 0.15) is 57.7 Å². The highest BCUT2D eigenvalue weighted by atomic mass is 16.2. The molecule has 1 aliphatic rings. The monoisotopic (exact) mass is 384 g/mol. The number of aromatic nitrogens is 2. The van der Waals surface area contributed by atoms with Gasteiger partial charge >= 0.3 is 0 Å². The summed E-state index contributed by atoms with van der Waals surface area (Å²) in [7, 11) is 0. The van der Waals surface area contributed by atoms with Crippen LogP contribution in [0.5, 0.6) is 0 Å². The van der Waals surface area contributed by atoms with Gasteiger partial charge in [-0.05, 0) is 37.9 Å². The van der Waals surface area contributed by atoms with Gasteiger partial charge < -0.3 is 9.88 Å². The van der Waals surface area contributed by atoms with E-state index in [1.807, 2.05) is 23.1 Å². The van der Waals surface area contributed by atoms with Crippen molar-refractivity contribution in [2.75, 3.05) is 26.2 Å². The molecule has 2 aromatic rings. The summed E-state index contributed by atoms with van der Waals surface area (Å²) in [5.41, 5.74) is 0.581. The van der Waals surface area contributed by atoms with Crippen LogP contribution in [0.3, 0.4) is 0 Å². The van der Waals surface area contributed by atoms with Crippen LogP contribution in [0, 0.1) is 0 Å². The Kier molecular flexibility index (Phi) is 7.60. The van der Waals surface area contributed by atoms with Gasteiger partial charge in [-0.2, -0.15) is 0 Å². The minimum Gasteiger partial charge on any atom is -0.342 e. The first-order chi connectivity index (χ1) is 13.7. The predicted molar refractivity (Wildman–Crippen MR) is 112 cm³/mol. The lowest BCUT2D eigenvalue weighted by atomic mass is 10.1. The van der Waals surface area contributed by atoms with Gasteiger partial charge in [-0.15, -0.1) is 0 Å². The van der Waals surface area contributed by atoms with Crippen molar-refractivity contribution in [1.29, 1.82) is 0 Å². The summed E-state index contributed by atoms with van der Waals surface area (Å²) in [5, 5.41) is 0.600. The van der Waals surface area contributed by atoms with E-state index in [-0.39, 0.29) is 11.5 Å². The molecule has 1 aromatic carbocycles. The van der Waals surface area contributed by atoms with E-state index >= 15 is 0 Å². The van der Waals surface area contributed by atoms with Gasteiger partial charge in [0.15, 0.2) is 0 Å². The standard InChI is InChI=1S/C22H32N4O2/c1-2-3-13-25(17-21(27)26-14-9-5-4-6-10-15-26)16-20-23-19-12-8-7-11-18(19)22(28)24-20/h7-8,11-12H,2-6,9-10,13-17H2,1H3,(H,23,24,28). The molecule has 0 atom stereocenters. The summed E-state index contributed by atoms with van der Waals surface area (Å²) >= 11 is 0. The smallest absolute Gasteiger partial charge is 0.258 e. The number of H-pyrrole nitrogens is 1. The van der Waals surface area contributed by atoms with Gasteiger partial charge in [-0.1, -0.05) is 44.7 Å². The molecule has 28 heavy (non-hydrogen) atoms. The van der Waals surface area contributed by atoms with E-state index in [4.69, 9.17) is 0 Å². The molecule has 1 amide bonds. The van der Waals surface area contributed by atoms with Gasteiger partial charge in [0, 0.05) is 13.1 Å². The quantitative estimate of drug-likeness (QED) is 0.795. The molecule has 1 N–H and O–H groups in total. The number of aromatic amines is 1. The molecule has 6 nitrogen and oxygen atoms in total. The summed E-state index contributed by atoms with van der Waals surface area (Å²) < 4.78 is 0. The summed E-state index contributed by atoms with van der Waals surface area (Å²) in [5.74, 6) is 0.821. The van der Waals surface area contributed by atoms with Crippen molar-refractivity contribution in [3.8, 4) is 0 Å². The summed E-state index contributed by atoms with van der Waals surface area (Å²) in [4.78, 5) is 36.9. The first kappa shape index (κ1) is 20.5. The second-order valence-corrected chi connectivity index (χ2v) is 7.74. The Morgan fingerprint density at radius 2 is 1.86 bits per heavy atom. The maximum absolute atomic E-state index is 12.9. The van der Waals surface area contributed by atoms with Gasteiger partial charge in [-0.3, -0.25) is 14.5 Å². The van der Waals surface area contributed by atoms with Crippen LogP contribution >= 0.6 is 0 Å². The van der Waals surface area contributed by atoms with E-state index in [1.54, 1.807) is 6.07 Å². The zero-order valence-corrected chi connectivity index (χ0v) is 17.0. The van der Waals surface area contributed by atoms with Crippen molar-refractivity contribution in [1.82, 2.24) is 19.8 Å². The van der Waals surface area contributed by atoms with E-state index in [9.17, 15) is 9.59 Å². The number of para-hydroxylation sites is 1. The maximum atomic E-state index is 12.9. The summed E-state index contributed by atoms with van der Waals surface area (Å²) in [6.45, 7) is 5.58. The topological polar surface area (TPSA) is 69.3 Å². The van der Waals surface area contributed by atoms with E-state index in [0.717, 1.165) is 45.3 Å². The van der Waals surface area contributed by atoms with Crippen LogP contribution in [-0.4, -0.2) is 51.9 Å². The SMILES string of the molecule is CCCCN(CC(=O)N1CCCCCCC1)Cc1nc2ccccc2c(=O)[nH]1. The Labute approximate surface area is 166 Å². The van der Waals surface area contributed by atoms with Crippen LogP contribution in [0.15, 0.2) is 29.1 Å². The minimum atomic E-state index is -0.119. The third-order valence-corrected chi connectivity index (χ3v) is 5.43. The molecule has 0 aliphatic carbocycles. The highest BCUT2D eigenvalue weighted by Gasteiger charge is 2.19. The molecule has 3 rings (SSSR count). The van der Waals surface area contributed by atoms with Crippen molar-refractivity contribution in [2.24, 2.45) is 0 Å². The van der Waals surface area contributed by atoms with Gasteiger partial charge in [0.05, 0.1) is 24.0 Å². The number of hydrogen-bond donors (Lipinski definition) is 1. The average molecular weight is 385 g/mol. The second-order valence-electron chi connectivity index (χ2n) is 7.74. The summed E-state index contributed by atoms with van der Waals surface area (Å²) in [6, 6.07) is 7.37. The number of unbranched alkanes of at least 4 members (excludes halogenated alkanes) is 1. The predicted octanol–water partition coefficient (Wildman–Crippen LogP) is 3.32. The molecular weight excluding hydrogens is 352 g/mol. The van der Waals surface area contributed by atoms with Crippen molar-refractivity contribution < 1.29 is 4.79 Å². The van der Waals surface area contributed by atoms with Crippen molar-refractivity contribution in [2.45, 2.75) is 58.4 Å². The lowest BCUT2D eigenvalue weighted by molar-refractivity contribution is -0.133. The molecule has 152 valence electrons. The number of nitrogens with zero attached hydrogens (tertiary/aromatic N) is 3. The minimum absolute atomic E-state index is 0.119. The van der Waals surface area contributed by atoms with Crippen LogP contribution in [0.4, 0.5) is 0 Å². The van der Waals surface area contributed by atoms with Crippen molar-refractivity contribution in [3.63, 3.8) is 0 Å². The number of likely N-dealkylation sites (tertiary alicyclic amines) is 1. The van der Waals surface area contributed by atoms with Crippen LogP contribution in [-0.2, 0) is 11.3 Å². The van der Waals surface area contributed by atoms with Gasteiger partial charge in [-0.25, -0.2) is 4.98 Å². The highest BCUT2D eigenvalue weighted by Crippen LogP contribution is 2.12. The zero-order valence-electron chi connectivity index (χ0n) is 17.0. The van der Waals surface area contributed by atoms with Gasteiger partial charge in [0.25, 0.3) is 5.56 Å². The Morgan fingerprint density at radius 3 is 2.61 bits per heavy atom. The first-order valence-corrected chi connectivity index (χ1v) is 10.7. The lowest BCUT2D eigenvalue weighted by Crippen LogP contribution is -2.42. The Balaban J connectivity index is 1.71. The number of nitrogens with one attached hydrogen (secondary N) is 1. The molecule has 2 heterocycles. The molecular formula is C22H32N4O2. The van der Waals surface area contributed by atoms with Crippen LogP contribution in [0.2, 0.25) is 0 Å². The number of fused-ring (bicyclic) bond motifs is 1. The molecule has 0 saturated carbocycles. The fourth-order valence-corrected chi connectivity index (χ4v) is 3.81. The third-order valence-electron chi connectivity index (χ3n) is 5.43. The average Bonchev–Trinajstić information content (AvgIpc) is 2.66. The number of carbonyl (C=O) groups is 1. The first-order valence-electron chi connectivity index (χ1n) is 10.7.